The summed E-state index contributed by atoms with van der Waals surface area (Å²) < 4.78 is 116. The predicted molar refractivity (Wildman–Crippen MR) is 181 cm³/mol. The summed E-state index contributed by atoms with van der Waals surface area (Å²) in [4.78, 5) is 0. The fourth-order valence-corrected chi connectivity index (χ4v) is 4.48. The zero-order chi connectivity index (χ0) is 37.8. The van der Waals surface area contributed by atoms with Crippen LogP contribution in [0.2, 0.25) is 0 Å². The Hall–Kier alpha value is -3.73. The number of halogens is 6. The maximum atomic E-state index is 9.87. The summed E-state index contributed by atoms with van der Waals surface area (Å²) in [5.74, 6) is 4.43. The van der Waals surface area contributed by atoms with Gasteiger partial charge in [0.25, 0.3) is 0 Å². The van der Waals surface area contributed by atoms with Gasteiger partial charge in [0.1, 0.15) is 74.0 Å². The van der Waals surface area contributed by atoms with Gasteiger partial charge in [0.15, 0.2) is 0 Å². The summed E-state index contributed by atoms with van der Waals surface area (Å²) in [6.07, 6.45) is 0. The first-order valence-electron chi connectivity index (χ1n) is 16.3. The standard InChI is InChI=1S/C34H45NO10.F6P/c1-36-31-18-27(19-32(23-31)37-2)25-35-26-28-20-33-24-34(21-28)45-17-13-41-9-7-39-11-15-43-30-5-3-4-29(22-30)42-14-10-38-6-8-40-12-16-44-33;1-7(2,3,4,5)6/h3-5,18-24,35H,6-17,25-26H2,1-2H3;/q;-1/p+1. The number of benzene rings is 3. The monoisotopic (exact) mass is 773 g/mol. The molecule has 3 aromatic carbocycles. The van der Waals surface area contributed by atoms with Gasteiger partial charge in [-0.2, -0.15) is 0 Å². The molecular formula is C34H46F6NO10P. The van der Waals surface area contributed by atoms with Crippen LogP contribution in [0.3, 0.4) is 0 Å². The number of rotatable bonds is 6. The van der Waals surface area contributed by atoms with E-state index in [1.54, 1.807) is 14.2 Å². The van der Waals surface area contributed by atoms with Gasteiger partial charge in [-0.05, 0) is 36.4 Å². The Balaban J connectivity index is 0.000000944. The van der Waals surface area contributed by atoms with Crippen LogP contribution in [0.15, 0.2) is 60.7 Å². The van der Waals surface area contributed by atoms with E-state index < -0.39 is 7.81 Å². The number of quaternary nitrogens is 1. The summed E-state index contributed by atoms with van der Waals surface area (Å²) in [5, 5.41) is 2.21. The molecule has 0 unspecified atom stereocenters. The molecule has 0 fully saturated rings. The SMILES string of the molecule is COc1cc(C[NH2+]Cc2cc3cc(c2)OCCOCCOCCOc2cccc(c2)OCCOCCOCCO3)cc(OC)c1.F[P-](F)(F)(F)(F)F. The van der Waals surface area contributed by atoms with Gasteiger partial charge in [0.05, 0.1) is 67.1 Å². The average Bonchev–Trinajstić information content (AvgIpc) is 3.08. The normalized spacial score (nSPS) is 17.2. The summed E-state index contributed by atoms with van der Waals surface area (Å²) in [5.41, 5.74) is 2.18. The maximum absolute atomic E-state index is 10.7. The van der Waals surface area contributed by atoms with Crippen molar-refractivity contribution < 1.29 is 77.9 Å². The number of hydrogen-bond donors (Lipinski definition) is 1. The van der Waals surface area contributed by atoms with Gasteiger partial charge in [0.2, 0.25) is 0 Å². The summed E-state index contributed by atoms with van der Waals surface area (Å²) in [6.45, 7) is 6.81. The van der Waals surface area contributed by atoms with E-state index in [0.29, 0.717) is 79.3 Å². The van der Waals surface area contributed by atoms with Crippen LogP contribution < -0.4 is 33.7 Å². The summed E-state index contributed by atoms with van der Waals surface area (Å²) in [7, 11) is -7.35. The molecule has 3 aromatic rings. The first-order chi connectivity index (χ1) is 24.7. The van der Waals surface area contributed by atoms with Crippen LogP contribution >= 0.6 is 7.81 Å². The van der Waals surface area contributed by atoms with Crippen molar-refractivity contribution in [3.05, 3.63) is 71.8 Å². The molecule has 0 aromatic heterocycles. The van der Waals surface area contributed by atoms with Gasteiger partial charge in [-0.3, -0.25) is 0 Å². The van der Waals surface area contributed by atoms with Crippen LogP contribution in [0.1, 0.15) is 11.1 Å². The van der Waals surface area contributed by atoms with Crippen molar-refractivity contribution in [2.24, 2.45) is 0 Å². The van der Waals surface area contributed by atoms with Crippen LogP contribution in [0.4, 0.5) is 25.2 Å². The van der Waals surface area contributed by atoms with Gasteiger partial charge in [-0.25, -0.2) is 0 Å². The first-order valence-corrected chi connectivity index (χ1v) is 18.4. The van der Waals surface area contributed by atoms with E-state index >= 15 is 0 Å². The van der Waals surface area contributed by atoms with E-state index in [0.717, 1.165) is 58.7 Å². The Labute approximate surface area is 298 Å². The number of fused-ring (bicyclic) bond motifs is 4. The third kappa shape index (κ3) is 21.6. The number of nitrogens with two attached hydrogens (primary N) is 1. The van der Waals surface area contributed by atoms with Crippen LogP contribution in [-0.2, 0) is 32.0 Å². The molecule has 18 heteroatoms. The van der Waals surface area contributed by atoms with Crippen LogP contribution in [0.5, 0.6) is 34.5 Å². The van der Waals surface area contributed by atoms with Gasteiger partial charge < -0.3 is 52.7 Å². The second-order valence-corrected chi connectivity index (χ2v) is 12.9. The Morgan fingerprint density at radius 2 is 0.808 bits per heavy atom. The molecule has 1 aliphatic rings. The second kappa shape index (κ2) is 20.5. The number of ether oxygens (including phenoxy) is 10. The molecule has 4 bridgehead atoms. The molecule has 52 heavy (non-hydrogen) atoms. The third-order valence-electron chi connectivity index (χ3n) is 6.65. The van der Waals surface area contributed by atoms with Crippen molar-refractivity contribution in [3.63, 3.8) is 0 Å². The Kier molecular flexibility index (Phi) is 16.8. The molecule has 1 aliphatic heterocycles. The molecule has 2 N–H and O–H groups in total. The first kappa shape index (κ1) is 42.7. The average molecular weight is 774 g/mol. The topological polar surface area (TPSA) is 109 Å². The molecule has 4 rings (SSSR count). The van der Waals surface area contributed by atoms with Crippen molar-refractivity contribution in [2.45, 2.75) is 13.1 Å². The minimum absolute atomic E-state index is 0.404. The number of methoxy groups -OCH3 is 2. The summed E-state index contributed by atoms with van der Waals surface area (Å²) >= 11 is 0. The van der Waals surface area contributed by atoms with E-state index in [2.05, 4.69) is 5.32 Å². The molecule has 0 spiro atoms. The number of hydrogen-bond acceptors (Lipinski definition) is 10. The zero-order valence-electron chi connectivity index (χ0n) is 29.0. The Morgan fingerprint density at radius 1 is 0.481 bits per heavy atom. The molecule has 0 amide bonds. The van der Waals surface area contributed by atoms with Gasteiger partial charge in [-0.1, -0.05) is 6.07 Å². The fraction of sp³-hybridized carbons (Fsp3) is 0.471. The van der Waals surface area contributed by atoms with E-state index in [1.807, 2.05) is 60.7 Å². The molecule has 0 radical (unpaired) electrons. The molecular weight excluding hydrogens is 727 g/mol. The van der Waals surface area contributed by atoms with Crippen molar-refractivity contribution in [1.29, 1.82) is 0 Å². The van der Waals surface area contributed by atoms with Crippen LogP contribution in [0, 0.1) is 0 Å². The van der Waals surface area contributed by atoms with E-state index in [1.165, 1.54) is 0 Å². The van der Waals surface area contributed by atoms with Crippen molar-refractivity contribution in [2.75, 3.05) is 93.5 Å². The minimum atomic E-state index is -10.7. The molecule has 0 atom stereocenters. The third-order valence-corrected chi connectivity index (χ3v) is 6.65. The molecule has 11 nitrogen and oxygen atoms in total. The van der Waals surface area contributed by atoms with E-state index in [9.17, 15) is 25.2 Å². The Morgan fingerprint density at radius 3 is 1.19 bits per heavy atom. The van der Waals surface area contributed by atoms with Crippen molar-refractivity contribution in [3.8, 4) is 34.5 Å². The van der Waals surface area contributed by atoms with Crippen LogP contribution in [-0.4, -0.2) is 93.5 Å². The van der Waals surface area contributed by atoms with Crippen LogP contribution in [0.25, 0.3) is 0 Å². The molecule has 0 saturated heterocycles. The quantitative estimate of drug-likeness (QED) is 0.216. The van der Waals surface area contributed by atoms with Gasteiger partial charge in [-0.15, -0.1) is 0 Å². The molecule has 0 aliphatic carbocycles. The second-order valence-electron chi connectivity index (χ2n) is 11.0. The van der Waals surface area contributed by atoms with Crippen molar-refractivity contribution in [1.82, 2.24) is 0 Å². The van der Waals surface area contributed by atoms with Crippen molar-refractivity contribution >= 4 is 7.81 Å². The molecule has 294 valence electrons. The summed E-state index contributed by atoms with van der Waals surface area (Å²) in [6, 6.07) is 19.4. The predicted octanol–water partition coefficient (Wildman–Crippen LogP) is 6.65. The molecule has 1 heterocycles. The van der Waals surface area contributed by atoms with E-state index in [4.69, 9.17) is 47.4 Å². The fourth-order valence-electron chi connectivity index (χ4n) is 4.48. The van der Waals surface area contributed by atoms with E-state index in [-0.39, 0.29) is 0 Å². The van der Waals surface area contributed by atoms with Gasteiger partial charge in [0, 0.05) is 29.3 Å². The molecule has 0 saturated carbocycles. The Bertz CT molecular complexity index is 1400. The van der Waals surface area contributed by atoms with Gasteiger partial charge >= 0.3 is 33.0 Å². The zero-order valence-corrected chi connectivity index (χ0v) is 29.9.